The van der Waals surface area contributed by atoms with Crippen molar-refractivity contribution >= 4 is 22.4 Å². The van der Waals surface area contributed by atoms with Crippen LogP contribution in [0.3, 0.4) is 0 Å². The molecule has 5 rings (SSSR count). The van der Waals surface area contributed by atoms with Gasteiger partial charge in [0.05, 0.1) is 16.8 Å². The van der Waals surface area contributed by atoms with Crippen LogP contribution in [0, 0.1) is 12.7 Å². The monoisotopic (exact) mass is 489 g/mol. The Hall–Kier alpha value is -4.18. The number of hydrogen-bond donors (Lipinski definition) is 0. The highest BCUT2D eigenvalue weighted by atomic mass is 32.1. The first-order chi connectivity index (χ1) is 16.9. The Bertz CT molecular complexity index is 1710. The van der Waals surface area contributed by atoms with Gasteiger partial charge in [-0.15, -0.1) is 0 Å². The van der Waals surface area contributed by atoms with E-state index in [0.29, 0.717) is 28.0 Å². The van der Waals surface area contributed by atoms with Gasteiger partial charge in [0.25, 0.3) is 11.1 Å². The molecule has 0 spiro atoms. The molecule has 0 aliphatic rings. The van der Waals surface area contributed by atoms with Crippen LogP contribution in [0.5, 0.6) is 5.75 Å². The number of benzene rings is 2. The number of fused-ring (bicyclic) bond motifs is 1. The van der Waals surface area contributed by atoms with Crippen molar-refractivity contribution in [3.05, 3.63) is 97.0 Å². The fourth-order valence-corrected chi connectivity index (χ4v) is 4.43. The van der Waals surface area contributed by atoms with Crippen molar-refractivity contribution in [2.45, 2.75) is 20.3 Å². The van der Waals surface area contributed by atoms with Gasteiger partial charge in [-0.25, -0.2) is 9.07 Å². The minimum Gasteiger partial charge on any atom is -0.491 e. The van der Waals surface area contributed by atoms with E-state index in [1.165, 1.54) is 13.0 Å². The van der Waals surface area contributed by atoms with Crippen LogP contribution in [0.1, 0.15) is 24.6 Å². The lowest BCUT2D eigenvalue weighted by Crippen LogP contribution is -2.27. The molecule has 35 heavy (non-hydrogen) atoms. The molecule has 2 aromatic carbocycles. The molecule has 0 amide bonds. The summed E-state index contributed by atoms with van der Waals surface area (Å²) in [6.45, 7) is 3.87. The number of halogens is 1. The number of aromatic nitrogens is 5. The van der Waals surface area contributed by atoms with Gasteiger partial charge in [0.15, 0.2) is 11.6 Å². The van der Waals surface area contributed by atoms with Crippen LogP contribution in [0.25, 0.3) is 28.0 Å². The van der Waals surface area contributed by atoms with Crippen LogP contribution >= 0.6 is 11.3 Å². The Labute approximate surface area is 202 Å². The number of thiazole rings is 1. The summed E-state index contributed by atoms with van der Waals surface area (Å²) in [5, 5.41) is 8.74. The zero-order valence-corrected chi connectivity index (χ0v) is 19.8. The van der Waals surface area contributed by atoms with Crippen molar-refractivity contribution in [3.63, 3.8) is 0 Å². The highest BCUT2D eigenvalue weighted by molar-refractivity contribution is 7.15. The molecule has 0 N–H and O–H groups in total. The summed E-state index contributed by atoms with van der Waals surface area (Å²) in [4.78, 5) is 29.0. The molecule has 5 aromatic rings. The van der Waals surface area contributed by atoms with Crippen LogP contribution < -0.4 is 20.4 Å². The summed E-state index contributed by atoms with van der Waals surface area (Å²) < 4.78 is 23.3. The zero-order chi connectivity index (χ0) is 24.5. The second-order valence-corrected chi connectivity index (χ2v) is 8.83. The van der Waals surface area contributed by atoms with Crippen molar-refractivity contribution in [2.24, 2.45) is 0 Å². The highest BCUT2D eigenvalue weighted by Crippen LogP contribution is 2.28. The molecule has 0 aliphatic heterocycles. The molecule has 0 aliphatic carbocycles. The highest BCUT2D eigenvalue weighted by Gasteiger charge is 2.15. The molecule has 0 saturated heterocycles. The van der Waals surface area contributed by atoms with Crippen molar-refractivity contribution in [2.75, 3.05) is 6.61 Å². The molecule has 0 unspecified atom stereocenters. The van der Waals surface area contributed by atoms with E-state index in [1.54, 1.807) is 29.1 Å². The number of rotatable bonds is 6. The smallest absolute Gasteiger partial charge is 0.295 e. The average molecular weight is 490 g/mol. The summed E-state index contributed by atoms with van der Waals surface area (Å²) in [7, 11) is 0. The molecule has 0 radical (unpaired) electrons. The fraction of sp³-hybridized carbons (Fsp3) is 0.160. The summed E-state index contributed by atoms with van der Waals surface area (Å²) >= 11 is 1.06. The second-order valence-electron chi connectivity index (χ2n) is 7.82. The first kappa shape index (κ1) is 22.6. The number of ether oxygens (including phenoxy) is 1. The molecular weight excluding hydrogens is 469 g/mol. The van der Waals surface area contributed by atoms with E-state index in [4.69, 9.17) is 4.74 Å². The lowest BCUT2D eigenvalue weighted by atomic mass is 10.1. The van der Waals surface area contributed by atoms with Crippen molar-refractivity contribution in [1.82, 2.24) is 24.4 Å². The van der Waals surface area contributed by atoms with E-state index in [1.807, 2.05) is 37.3 Å². The van der Waals surface area contributed by atoms with Gasteiger partial charge in [-0.2, -0.15) is 19.7 Å². The maximum Gasteiger partial charge on any atom is 0.295 e. The van der Waals surface area contributed by atoms with Crippen LogP contribution in [0.4, 0.5) is 4.39 Å². The fourth-order valence-electron chi connectivity index (χ4n) is 3.54. The van der Waals surface area contributed by atoms with Gasteiger partial charge in [0, 0.05) is 17.3 Å². The summed E-state index contributed by atoms with van der Waals surface area (Å²) in [5.41, 5.74) is 1.69. The molecule has 0 fully saturated rings. The van der Waals surface area contributed by atoms with Gasteiger partial charge in [0.2, 0.25) is 4.96 Å². The normalized spacial score (nSPS) is 11.9. The van der Waals surface area contributed by atoms with Crippen LogP contribution in [-0.2, 0) is 0 Å². The number of para-hydroxylation sites is 1. The number of hydrogen-bond acceptors (Lipinski definition) is 7. The molecule has 3 heterocycles. The third-order valence-electron chi connectivity index (χ3n) is 5.26. The molecule has 0 bridgehead atoms. The summed E-state index contributed by atoms with van der Waals surface area (Å²) in [6.07, 6.45) is 4.19. The van der Waals surface area contributed by atoms with Gasteiger partial charge in [-0.05, 0) is 49.8 Å². The van der Waals surface area contributed by atoms with Gasteiger partial charge in [0.1, 0.15) is 11.4 Å². The standard InChI is InChI=1S/C25H20FN5O3S/c1-3-11-34-20-10-9-16(12-19(20)26)22-17(14-30(29-22)18-7-5-4-6-8-18)13-21-24(33)31-25(35-21)27-23(32)15(2)28-31/h4-10,12-14H,3,11H2,1-2H3/b21-13-. The third kappa shape index (κ3) is 4.35. The molecule has 0 atom stereocenters. The number of aryl methyl sites for hydroxylation is 1. The maximum atomic E-state index is 14.8. The second kappa shape index (κ2) is 9.22. The molecule has 10 heteroatoms. The third-order valence-corrected chi connectivity index (χ3v) is 6.22. The van der Waals surface area contributed by atoms with Crippen molar-refractivity contribution in [3.8, 4) is 22.7 Å². The maximum absolute atomic E-state index is 14.8. The van der Waals surface area contributed by atoms with Gasteiger partial charge < -0.3 is 4.74 Å². The molecular formula is C25H20FN5O3S. The van der Waals surface area contributed by atoms with Crippen LogP contribution in [0.15, 0.2) is 64.3 Å². The van der Waals surface area contributed by atoms with Gasteiger partial charge in [-0.3, -0.25) is 9.59 Å². The van der Waals surface area contributed by atoms with Gasteiger partial charge >= 0.3 is 0 Å². The van der Waals surface area contributed by atoms with E-state index in [0.717, 1.165) is 28.0 Å². The minimum absolute atomic E-state index is 0.141. The van der Waals surface area contributed by atoms with Gasteiger partial charge in [-0.1, -0.05) is 36.5 Å². The lowest BCUT2D eigenvalue weighted by molar-refractivity contribution is 0.301. The van der Waals surface area contributed by atoms with Crippen LogP contribution in [0.2, 0.25) is 0 Å². The Kier molecular flexibility index (Phi) is 5.96. The lowest BCUT2D eigenvalue weighted by Gasteiger charge is -2.07. The Morgan fingerprint density at radius 2 is 1.91 bits per heavy atom. The van der Waals surface area contributed by atoms with Crippen molar-refractivity contribution < 1.29 is 9.13 Å². The quantitative estimate of drug-likeness (QED) is 0.364. The van der Waals surface area contributed by atoms with E-state index >= 15 is 0 Å². The Morgan fingerprint density at radius 3 is 2.66 bits per heavy atom. The van der Waals surface area contributed by atoms with Crippen LogP contribution in [-0.4, -0.2) is 31.0 Å². The first-order valence-electron chi connectivity index (χ1n) is 10.9. The predicted molar refractivity (Wildman–Crippen MR) is 132 cm³/mol. The van der Waals surface area contributed by atoms with E-state index < -0.39 is 16.9 Å². The van der Waals surface area contributed by atoms with E-state index in [2.05, 4.69) is 15.2 Å². The Balaban J connectivity index is 1.69. The van der Waals surface area contributed by atoms with E-state index in [-0.39, 0.29) is 16.4 Å². The SMILES string of the molecule is CCCOc1ccc(-c2nn(-c3ccccc3)cc2/C=c2\sc3nc(=O)c(C)nn3c2=O)cc1F. The first-order valence-corrected chi connectivity index (χ1v) is 11.8. The van der Waals surface area contributed by atoms with Crippen molar-refractivity contribution in [1.29, 1.82) is 0 Å². The topological polar surface area (TPSA) is 91.4 Å². The zero-order valence-electron chi connectivity index (χ0n) is 18.9. The number of nitrogens with zero attached hydrogens (tertiary/aromatic N) is 5. The minimum atomic E-state index is -0.495. The van der Waals surface area contributed by atoms with E-state index in [9.17, 15) is 14.0 Å². The summed E-state index contributed by atoms with van der Waals surface area (Å²) in [6, 6.07) is 14.1. The largest absolute Gasteiger partial charge is 0.491 e. The Morgan fingerprint density at radius 1 is 1.11 bits per heavy atom. The molecule has 0 saturated carbocycles. The predicted octanol–water partition coefficient (Wildman–Crippen LogP) is 3.15. The molecule has 3 aromatic heterocycles. The molecule has 176 valence electrons. The average Bonchev–Trinajstić information content (AvgIpc) is 3.41. The molecule has 8 nitrogen and oxygen atoms in total. The summed E-state index contributed by atoms with van der Waals surface area (Å²) in [5.74, 6) is -0.322.